The summed E-state index contributed by atoms with van der Waals surface area (Å²) in [6.07, 6.45) is 0.997. The summed E-state index contributed by atoms with van der Waals surface area (Å²) in [6, 6.07) is 8.85. The highest BCUT2D eigenvalue weighted by Gasteiger charge is 2.03. The van der Waals surface area contributed by atoms with Gasteiger partial charge in [-0.05, 0) is 0 Å². The number of rotatable bonds is 4. The first-order valence-electron chi connectivity index (χ1n) is 4.22. The minimum atomic E-state index is -3.39. The molecule has 2 N–H and O–H groups in total. The summed E-state index contributed by atoms with van der Waals surface area (Å²) in [5, 5.41) is 12.6. The fourth-order valence-electron chi connectivity index (χ4n) is 0.960. The third-order valence-corrected chi connectivity index (χ3v) is 2.03. The number of benzene rings is 1. The Hall–Kier alpha value is -1.40. The average Bonchev–Trinajstić information content (AvgIpc) is 2.19. The number of nitrogens with zero attached hydrogens (tertiary/aromatic N) is 1. The molecular formula is C9H12N2O3S. The maximum Gasteiger partial charge on any atom is 0.244 e. The van der Waals surface area contributed by atoms with Gasteiger partial charge in [0.25, 0.3) is 0 Å². The van der Waals surface area contributed by atoms with E-state index in [1.807, 2.05) is 10.9 Å². The summed E-state index contributed by atoms with van der Waals surface area (Å²) < 4.78 is 21.6. The Balaban J connectivity index is 2.90. The minimum absolute atomic E-state index is 0.279. The van der Waals surface area contributed by atoms with Crippen molar-refractivity contribution in [3.05, 3.63) is 35.9 Å². The molecule has 0 heterocycles. The van der Waals surface area contributed by atoms with Gasteiger partial charge >= 0.3 is 0 Å². The summed E-state index contributed by atoms with van der Waals surface area (Å²) in [4.78, 5) is 1.97. The van der Waals surface area contributed by atoms with E-state index in [1.165, 1.54) is 0 Å². The van der Waals surface area contributed by atoms with Crippen LogP contribution in [0.5, 0.6) is 0 Å². The maximum absolute atomic E-state index is 10.8. The van der Waals surface area contributed by atoms with E-state index >= 15 is 0 Å². The predicted molar refractivity (Wildman–Crippen MR) is 58.0 cm³/mol. The number of sulfonamides is 1. The van der Waals surface area contributed by atoms with Crippen LogP contribution < -0.4 is 4.83 Å². The molecule has 0 bridgehead atoms. The molecule has 0 amide bonds. The van der Waals surface area contributed by atoms with E-state index in [9.17, 15) is 8.42 Å². The van der Waals surface area contributed by atoms with Crippen molar-refractivity contribution in [2.45, 2.75) is 0 Å². The summed E-state index contributed by atoms with van der Waals surface area (Å²) in [5.74, 6) is 0. The normalized spacial score (nSPS) is 12.5. The van der Waals surface area contributed by atoms with Crippen LogP contribution in [0.2, 0.25) is 0 Å². The lowest BCUT2D eigenvalue weighted by Gasteiger charge is -2.03. The number of aliphatic hydroxyl groups is 1. The van der Waals surface area contributed by atoms with Crippen molar-refractivity contribution >= 4 is 15.7 Å². The van der Waals surface area contributed by atoms with Gasteiger partial charge in [0.05, 0.1) is 18.6 Å². The van der Waals surface area contributed by atoms with E-state index in [2.05, 4.69) is 5.10 Å². The quantitative estimate of drug-likeness (QED) is 0.559. The number of nitrogens with one attached hydrogen (secondary N) is 1. The van der Waals surface area contributed by atoms with Gasteiger partial charge in [-0.15, -0.1) is 0 Å². The molecule has 0 aliphatic rings. The van der Waals surface area contributed by atoms with Crippen molar-refractivity contribution in [2.75, 3.05) is 12.9 Å². The molecule has 0 spiro atoms. The second-order valence-electron chi connectivity index (χ2n) is 2.95. The van der Waals surface area contributed by atoms with Gasteiger partial charge in [0, 0.05) is 5.56 Å². The summed E-state index contributed by atoms with van der Waals surface area (Å²) in [5.41, 5.74) is 0.956. The van der Waals surface area contributed by atoms with Crippen molar-refractivity contribution in [1.29, 1.82) is 0 Å². The van der Waals surface area contributed by atoms with Gasteiger partial charge in [0.1, 0.15) is 0 Å². The Labute approximate surface area is 88.5 Å². The van der Waals surface area contributed by atoms with Crippen LogP contribution in [0, 0.1) is 0 Å². The highest BCUT2D eigenvalue weighted by Crippen LogP contribution is 2.00. The zero-order chi connectivity index (χ0) is 11.3. The maximum atomic E-state index is 10.8. The van der Waals surface area contributed by atoms with Gasteiger partial charge in [-0.25, -0.2) is 13.2 Å². The van der Waals surface area contributed by atoms with E-state index in [-0.39, 0.29) is 12.3 Å². The Kier molecular flexibility index (Phi) is 3.81. The van der Waals surface area contributed by atoms with Crippen LogP contribution in [0.1, 0.15) is 5.56 Å². The molecule has 0 atom stereocenters. The van der Waals surface area contributed by atoms with Crippen molar-refractivity contribution in [3.8, 4) is 0 Å². The van der Waals surface area contributed by atoms with Gasteiger partial charge in [0.15, 0.2) is 0 Å². The first-order valence-corrected chi connectivity index (χ1v) is 6.11. The molecule has 0 aromatic heterocycles. The molecular weight excluding hydrogens is 216 g/mol. The van der Waals surface area contributed by atoms with Crippen molar-refractivity contribution in [2.24, 2.45) is 5.10 Å². The molecule has 15 heavy (non-hydrogen) atoms. The molecule has 0 saturated carbocycles. The van der Waals surface area contributed by atoms with Crippen LogP contribution in [-0.4, -0.2) is 32.1 Å². The van der Waals surface area contributed by atoms with Crippen LogP contribution >= 0.6 is 0 Å². The smallest absolute Gasteiger partial charge is 0.244 e. The number of hydrogen-bond donors (Lipinski definition) is 2. The second-order valence-corrected chi connectivity index (χ2v) is 4.67. The van der Waals surface area contributed by atoms with Crippen molar-refractivity contribution in [3.63, 3.8) is 0 Å². The molecule has 0 saturated heterocycles. The second kappa shape index (κ2) is 4.90. The highest BCUT2D eigenvalue weighted by atomic mass is 32.2. The summed E-state index contributed by atoms with van der Waals surface area (Å²) in [6.45, 7) is -0.327. The molecule has 1 aromatic carbocycles. The average molecular weight is 228 g/mol. The SMILES string of the molecule is CS(=O)(=O)NN=C(CO)c1ccccc1. The van der Waals surface area contributed by atoms with Crippen molar-refractivity contribution in [1.82, 2.24) is 4.83 Å². The van der Waals surface area contributed by atoms with Gasteiger partial charge in [-0.2, -0.15) is 5.10 Å². The van der Waals surface area contributed by atoms with Crippen molar-refractivity contribution < 1.29 is 13.5 Å². The van der Waals surface area contributed by atoms with E-state index in [1.54, 1.807) is 24.3 Å². The Bertz CT molecular complexity index is 440. The van der Waals surface area contributed by atoms with Gasteiger partial charge in [0.2, 0.25) is 10.0 Å². The molecule has 1 rings (SSSR count). The van der Waals surface area contributed by atoms with E-state index < -0.39 is 10.0 Å². The highest BCUT2D eigenvalue weighted by molar-refractivity contribution is 7.88. The van der Waals surface area contributed by atoms with Crippen LogP contribution in [0.3, 0.4) is 0 Å². The molecule has 6 heteroatoms. The van der Waals surface area contributed by atoms with Crippen LogP contribution in [0.25, 0.3) is 0 Å². The number of hydrazone groups is 1. The van der Waals surface area contributed by atoms with E-state index in [0.29, 0.717) is 5.56 Å². The molecule has 1 aromatic rings. The summed E-state index contributed by atoms with van der Waals surface area (Å²) in [7, 11) is -3.39. The predicted octanol–water partition coefficient (Wildman–Crippen LogP) is -0.0678. The van der Waals surface area contributed by atoms with Crippen LogP contribution in [-0.2, 0) is 10.0 Å². The molecule has 0 unspecified atom stereocenters. The Morgan fingerprint density at radius 3 is 2.47 bits per heavy atom. The molecule has 0 fully saturated rings. The lowest BCUT2D eigenvalue weighted by molar-refractivity contribution is 0.357. The topological polar surface area (TPSA) is 78.8 Å². The lowest BCUT2D eigenvalue weighted by Crippen LogP contribution is -2.20. The zero-order valence-corrected chi connectivity index (χ0v) is 9.03. The minimum Gasteiger partial charge on any atom is -0.390 e. The first-order chi connectivity index (χ1) is 7.03. The molecule has 0 aliphatic carbocycles. The van der Waals surface area contributed by atoms with Gasteiger partial charge < -0.3 is 5.11 Å². The standard InChI is InChI=1S/C9H12N2O3S/c1-15(13,14)11-10-9(7-12)8-5-3-2-4-6-8/h2-6,11-12H,7H2,1H3. The lowest BCUT2D eigenvalue weighted by atomic mass is 10.1. The first kappa shape index (κ1) is 11.7. The van der Waals surface area contributed by atoms with Crippen LogP contribution in [0.15, 0.2) is 35.4 Å². The van der Waals surface area contributed by atoms with E-state index in [4.69, 9.17) is 5.11 Å². The Morgan fingerprint density at radius 2 is 2.00 bits per heavy atom. The Morgan fingerprint density at radius 1 is 1.40 bits per heavy atom. The summed E-state index contributed by atoms with van der Waals surface area (Å²) >= 11 is 0. The molecule has 5 nitrogen and oxygen atoms in total. The fourth-order valence-corrected chi connectivity index (χ4v) is 1.24. The number of hydrogen-bond acceptors (Lipinski definition) is 4. The fraction of sp³-hybridized carbons (Fsp3) is 0.222. The monoisotopic (exact) mass is 228 g/mol. The van der Waals surface area contributed by atoms with Gasteiger partial charge in [-0.3, -0.25) is 0 Å². The number of aliphatic hydroxyl groups excluding tert-OH is 1. The molecule has 82 valence electrons. The third-order valence-electron chi connectivity index (χ3n) is 1.60. The largest absolute Gasteiger partial charge is 0.390 e. The molecule has 0 radical (unpaired) electrons. The van der Waals surface area contributed by atoms with E-state index in [0.717, 1.165) is 6.26 Å². The van der Waals surface area contributed by atoms with Crippen LogP contribution in [0.4, 0.5) is 0 Å². The van der Waals surface area contributed by atoms with Gasteiger partial charge in [-0.1, -0.05) is 30.3 Å². The third kappa shape index (κ3) is 4.09. The zero-order valence-electron chi connectivity index (χ0n) is 8.21. The molecule has 0 aliphatic heterocycles.